The third-order valence-electron chi connectivity index (χ3n) is 2.80. The molecule has 0 spiro atoms. The van der Waals surface area contributed by atoms with Crippen molar-refractivity contribution in [2.24, 2.45) is 5.73 Å². The van der Waals surface area contributed by atoms with E-state index in [1.807, 2.05) is 0 Å². The molecular formula is C11H12F3NO. The fourth-order valence-corrected chi connectivity index (χ4v) is 1.77. The highest BCUT2D eigenvalue weighted by Gasteiger charge is 2.38. The van der Waals surface area contributed by atoms with Crippen molar-refractivity contribution in [2.45, 2.75) is 24.6 Å². The van der Waals surface area contributed by atoms with E-state index in [-0.39, 0.29) is 17.7 Å². The average molecular weight is 231 g/mol. The summed E-state index contributed by atoms with van der Waals surface area (Å²) in [5, 5.41) is 0. The molecule has 1 aromatic carbocycles. The molecular weight excluding hydrogens is 219 g/mol. The zero-order valence-corrected chi connectivity index (χ0v) is 8.71. The van der Waals surface area contributed by atoms with Crippen LogP contribution in [0.4, 0.5) is 13.2 Å². The van der Waals surface area contributed by atoms with Crippen molar-refractivity contribution in [2.75, 3.05) is 7.11 Å². The zero-order chi connectivity index (χ0) is 11.9. The van der Waals surface area contributed by atoms with E-state index in [1.165, 1.54) is 19.2 Å². The highest BCUT2D eigenvalue weighted by Crippen LogP contribution is 2.43. The molecule has 16 heavy (non-hydrogen) atoms. The summed E-state index contributed by atoms with van der Waals surface area (Å²) in [6.45, 7) is 0. The monoisotopic (exact) mass is 231 g/mol. The number of alkyl halides is 3. The van der Waals surface area contributed by atoms with Crippen LogP contribution in [0.5, 0.6) is 5.75 Å². The van der Waals surface area contributed by atoms with Crippen LogP contribution in [0.3, 0.4) is 0 Å². The first-order chi connectivity index (χ1) is 7.43. The Bertz CT molecular complexity index is 403. The quantitative estimate of drug-likeness (QED) is 0.848. The molecule has 2 atom stereocenters. The molecule has 1 aliphatic carbocycles. The number of nitrogens with two attached hydrogens (primary N) is 1. The van der Waals surface area contributed by atoms with Gasteiger partial charge in [0.1, 0.15) is 5.75 Å². The van der Waals surface area contributed by atoms with E-state index >= 15 is 0 Å². The Balaban J connectivity index is 2.35. The Hall–Kier alpha value is -1.23. The third kappa shape index (κ3) is 2.00. The van der Waals surface area contributed by atoms with Gasteiger partial charge in [-0.05, 0) is 24.1 Å². The molecule has 1 aromatic rings. The molecule has 1 aliphatic rings. The van der Waals surface area contributed by atoms with Crippen LogP contribution in [0.1, 0.15) is 23.5 Å². The minimum absolute atomic E-state index is 0.0708. The summed E-state index contributed by atoms with van der Waals surface area (Å²) in [6, 6.07) is 4.03. The summed E-state index contributed by atoms with van der Waals surface area (Å²) in [4.78, 5) is 0. The molecule has 5 heteroatoms. The Morgan fingerprint density at radius 1 is 1.38 bits per heavy atom. The third-order valence-corrected chi connectivity index (χ3v) is 2.80. The summed E-state index contributed by atoms with van der Waals surface area (Å²) in [5.74, 6) is 0.0419. The fourth-order valence-electron chi connectivity index (χ4n) is 1.77. The topological polar surface area (TPSA) is 35.2 Å². The van der Waals surface area contributed by atoms with Crippen molar-refractivity contribution < 1.29 is 17.9 Å². The number of hydrogen-bond donors (Lipinski definition) is 1. The van der Waals surface area contributed by atoms with Crippen molar-refractivity contribution in [3.63, 3.8) is 0 Å². The number of ether oxygens (including phenoxy) is 1. The second-order valence-electron chi connectivity index (χ2n) is 3.96. The average Bonchev–Trinajstić information content (AvgIpc) is 2.93. The first-order valence-corrected chi connectivity index (χ1v) is 4.94. The van der Waals surface area contributed by atoms with Gasteiger partial charge in [-0.15, -0.1) is 0 Å². The Kier molecular flexibility index (Phi) is 2.58. The van der Waals surface area contributed by atoms with E-state index in [4.69, 9.17) is 10.5 Å². The minimum atomic E-state index is -4.38. The largest absolute Gasteiger partial charge is 0.496 e. The maximum atomic E-state index is 12.6. The van der Waals surface area contributed by atoms with E-state index < -0.39 is 11.7 Å². The molecule has 1 fully saturated rings. The van der Waals surface area contributed by atoms with Crippen LogP contribution in [-0.4, -0.2) is 13.2 Å². The summed E-state index contributed by atoms with van der Waals surface area (Å²) < 4.78 is 42.4. The standard InChI is InChI=1S/C11H12F3NO/c1-16-10-4-6(7-5-9(7)15)2-3-8(10)11(12,13)14/h2-4,7,9H,5,15H2,1H3. The van der Waals surface area contributed by atoms with Crippen molar-refractivity contribution in [1.29, 1.82) is 0 Å². The lowest BCUT2D eigenvalue weighted by atomic mass is 10.1. The molecule has 0 aliphatic heterocycles. The van der Waals surface area contributed by atoms with Crippen LogP contribution >= 0.6 is 0 Å². The molecule has 1 saturated carbocycles. The Morgan fingerprint density at radius 3 is 2.44 bits per heavy atom. The van der Waals surface area contributed by atoms with Gasteiger partial charge in [-0.1, -0.05) is 6.07 Å². The van der Waals surface area contributed by atoms with E-state index in [2.05, 4.69) is 0 Å². The fraction of sp³-hybridized carbons (Fsp3) is 0.455. The van der Waals surface area contributed by atoms with Crippen LogP contribution in [0.25, 0.3) is 0 Å². The number of halogens is 3. The van der Waals surface area contributed by atoms with Gasteiger partial charge in [-0.3, -0.25) is 0 Å². The minimum Gasteiger partial charge on any atom is -0.496 e. The Morgan fingerprint density at radius 2 is 2.00 bits per heavy atom. The number of hydrogen-bond acceptors (Lipinski definition) is 2. The zero-order valence-electron chi connectivity index (χ0n) is 8.71. The molecule has 2 nitrogen and oxygen atoms in total. The molecule has 0 radical (unpaired) electrons. The normalized spacial score (nSPS) is 24.3. The van der Waals surface area contributed by atoms with Gasteiger partial charge in [-0.25, -0.2) is 0 Å². The Labute approximate surface area is 91.2 Å². The highest BCUT2D eigenvalue weighted by molar-refractivity contribution is 5.42. The van der Waals surface area contributed by atoms with Gasteiger partial charge in [0.05, 0.1) is 12.7 Å². The summed E-state index contributed by atoms with van der Waals surface area (Å²) >= 11 is 0. The molecule has 2 rings (SSSR count). The molecule has 2 unspecified atom stereocenters. The predicted octanol–water partition coefficient (Wildman–Crippen LogP) is 2.53. The van der Waals surface area contributed by atoms with Gasteiger partial charge in [0.2, 0.25) is 0 Å². The van der Waals surface area contributed by atoms with Gasteiger partial charge in [0.15, 0.2) is 0 Å². The van der Waals surface area contributed by atoms with Crippen molar-refractivity contribution in [1.82, 2.24) is 0 Å². The maximum absolute atomic E-state index is 12.6. The smallest absolute Gasteiger partial charge is 0.419 e. The summed E-state index contributed by atoms with van der Waals surface area (Å²) in [5.41, 5.74) is 5.73. The SMILES string of the molecule is COc1cc(C2CC2N)ccc1C(F)(F)F. The van der Waals surface area contributed by atoms with E-state index in [9.17, 15) is 13.2 Å². The molecule has 0 saturated heterocycles. The maximum Gasteiger partial charge on any atom is 0.419 e. The molecule has 0 heterocycles. The molecule has 88 valence electrons. The lowest BCUT2D eigenvalue weighted by Crippen LogP contribution is -2.08. The van der Waals surface area contributed by atoms with Crippen LogP contribution in [-0.2, 0) is 6.18 Å². The van der Waals surface area contributed by atoms with Gasteiger partial charge in [0, 0.05) is 12.0 Å². The molecule has 0 bridgehead atoms. The lowest BCUT2D eigenvalue weighted by molar-refractivity contribution is -0.138. The molecule has 2 N–H and O–H groups in total. The molecule has 0 amide bonds. The van der Waals surface area contributed by atoms with E-state index in [0.29, 0.717) is 0 Å². The highest BCUT2D eigenvalue weighted by atomic mass is 19.4. The number of rotatable bonds is 2. The first kappa shape index (κ1) is 11.3. The van der Waals surface area contributed by atoms with Crippen molar-refractivity contribution in [3.8, 4) is 5.75 Å². The van der Waals surface area contributed by atoms with Crippen molar-refractivity contribution >= 4 is 0 Å². The van der Waals surface area contributed by atoms with Crippen LogP contribution in [0, 0.1) is 0 Å². The molecule has 0 aromatic heterocycles. The van der Waals surface area contributed by atoms with Gasteiger partial charge >= 0.3 is 6.18 Å². The second-order valence-corrected chi connectivity index (χ2v) is 3.96. The second kappa shape index (κ2) is 3.66. The predicted molar refractivity (Wildman–Crippen MR) is 53.3 cm³/mol. The van der Waals surface area contributed by atoms with Crippen molar-refractivity contribution in [3.05, 3.63) is 29.3 Å². The summed E-state index contributed by atoms with van der Waals surface area (Å²) in [6.07, 6.45) is -3.55. The van der Waals surface area contributed by atoms with Gasteiger partial charge < -0.3 is 10.5 Å². The number of methoxy groups -OCH3 is 1. The van der Waals surface area contributed by atoms with Gasteiger partial charge in [0.25, 0.3) is 0 Å². The van der Waals surface area contributed by atoms with E-state index in [1.54, 1.807) is 0 Å². The van der Waals surface area contributed by atoms with Gasteiger partial charge in [-0.2, -0.15) is 13.2 Å². The lowest BCUT2D eigenvalue weighted by Gasteiger charge is -2.13. The number of benzene rings is 1. The summed E-state index contributed by atoms with van der Waals surface area (Å²) in [7, 11) is 1.24. The first-order valence-electron chi connectivity index (χ1n) is 4.94. The van der Waals surface area contributed by atoms with Crippen LogP contribution < -0.4 is 10.5 Å². The van der Waals surface area contributed by atoms with Crippen LogP contribution in [0.2, 0.25) is 0 Å². The van der Waals surface area contributed by atoms with E-state index in [0.717, 1.165) is 18.1 Å². The van der Waals surface area contributed by atoms with Crippen LogP contribution in [0.15, 0.2) is 18.2 Å².